The van der Waals surface area contributed by atoms with Gasteiger partial charge in [-0.2, -0.15) is 0 Å². The van der Waals surface area contributed by atoms with Crippen molar-refractivity contribution in [3.63, 3.8) is 0 Å². The van der Waals surface area contributed by atoms with Crippen LogP contribution in [0.15, 0.2) is 12.1 Å². The molecule has 3 atom stereocenters. The molecule has 4 nitrogen and oxygen atoms in total. The molecule has 2 aliphatic carbocycles. The zero-order valence-corrected chi connectivity index (χ0v) is 17.4. The molecule has 1 fully saturated rings. The lowest BCUT2D eigenvalue weighted by Crippen LogP contribution is -2.53. The number of methoxy groups -OCH3 is 1. The van der Waals surface area contributed by atoms with E-state index in [0.29, 0.717) is 23.8 Å². The second-order valence-corrected chi connectivity index (χ2v) is 9.08. The minimum absolute atomic E-state index is 0.00572. The summed E-state index contributed by atoms with van der Waals surface area (Å²) in [4.78, 5) is 12.6. The third kappa shape index (κ3) is 3.37. The first-order chi connectivity index (χ1) is 12.8. The van der Waals surface area contributed by atoms with Crippen molar-refractivity contribution in [2.75, 3.05) is 13.7 Å². The average Bonchev–Trinajstić information content (AvgIpc) is 2.64. The Hall–Kier alpha value is -1.55. The highest BCUT2D eigenvalue weighted by molar-refractivity contribution is 5.93. The molecule has 0 aromatic heterocycles. The number of carbonyl (C=O) groups excluding carboxylic acids is 1. The van der Waals surface area contributed by atoms with Crippen LogP contribution in [0.2, 0.25) is 0 Å². The highest BCUT2D eigenvalue weighted by atomic mass is 16.5. The van der Waals surface area contributed by atoms with Crippen molar-refractivity contribution in [3.8, 4) is 5.75 Å². The van der Waals surface area contributed by atoms with Crippen LogP contribution >= 0.6 is 0 Å². The molecule has 0 radical (unpaired) electrons. The van der Waals surface area contributed by atoms with Crippen LogP contribution in [0, 0.1) is 11.3 Å². The summed E-state index contributed by atoms with van der Waals surface area (Å²) < 4.78 is 11.0. The number of fused-ring (bicyclic) bond motifs is 3. The van der Waals surface area contributed by atoms with Gasteiger partial charge in [0.2, 0.25) is 0 Å². The van der Waals surface area contributed by atoms with Crippen LogP contribution in [0.3, 0.4) is 0 Å². The van der Waals surface area contributed by atoms with Gasteiger partial charge in [-0.25, -0.2) is 4.79 Å². The number of aryl methyl sites for hydroxylation is 1. The lowest BCUT2D eigenvalue weighted by molar-refractivity contribution is -0.0731. The lowest BCUT2D eigenvalue weighted by atomic mass is 9.49. The average molecular weight is 375 g/mol. The second-order valence-electron chi connectivity index (χ2n) is 9.08. The monoisotopic (exact) mass is 374 g/mol. The predicted molar refractivity (Wildman–Crippen MR) is 106 cm³/mol. The van der Waals surface area contributed by atoms with E-state index in [4.69, 9.17) is 9.47 Å². The minimum Gasteiger partial charge on any atom is -0.496 e. The van der Waals surface area contributed by atoms with E-state index in [2.05, 4.69) is 33.8 Å². The molecule has 0 unspecified atom stereocenters. The maximum atomic E-state index is 12.6. The van der Waals surface area contributed by atoms with E-state index in [-0.39, 0.29) is 22.9 Å². The van der Waals surface area contributed by atoms with Crippen molar-refractivity contribution in [3.05, 3.63) is 28.8 Å². The van der Waals surface area contributed by atoms with Crippen LogP contribution < -0.4 is 4.74 Å². The highest BCUT2D eigenvalue weighted by Gasteiger charge is 2.53. The number of aliphatic hydroxyl groups is 1. The van der Waals surface area contributed by atoms with E-state index < -0.39 is 0 Å². The standard InChI is InChI=1S/C23H34O4/c1-6-7-12-27-21(25)16-13-15-8-9-19-22(2,3)20(24)10-11-23(19,4)17(15)14-18(16)26-5/h13-14,19-20,24H,6-12H2,1-5H3/t19-,20-,23+/m0/s1. The molecule has 1 N–H and O–H groups in total. The Morgan fingerprint density at radius 2 is 2.00 bits per heavy atom. The molecule has 3 rings (SSSR count). The largest absolute Gasteiger partial charge is 0.496 e. The zero-order chi connectivity index (χ0) is 19.8. The SMILES string of the molecule is CCCCOC(=O)c1cc2c(cc1OC)[C@@]1(C)CC[C@H](O)C(C)(C)[C@@H]1CC2. The molecule has 0 saturated heterocycles. The number of ether oxygens (including phenoxy) is 2. The van der Waals surface area contributed by atoms with Crippen LogP contribution in [0.4, 0.5) is 0 Å². The molecule has 0 bridgehead atoms. The van der Waals surface area contributed by atoms with Crippen LogP contribution in [0.5, 0.6) is 5.75 Å². The summed E-state index contributed by atoms with van der Waals surface area (Å²) in [5, 5.41) is 10.6. The Labute approximate surface area is 163 Å². The van der Waals surface area contributed by atoms with Crippen molar-refractivity contribution in [1.29, 1.82) is 0 Å². The molecule has 150 valence electrons. The highest BCUT2D eigenvalue weighted by Crippen LogP contribution is 2.57. The molecule has 0 spiro atoms. The molecule has 1 saturated carbocycles. The van der Waals surface area contributed by atoms with Gasteiger partial charge in [0.15, 0.2) is 0 Å². The third-order valence-electron chi connectivity index (χ3n) is 7.16. The number of esters is 1. The fourth-order valence-corrected chi connectivity index (χ4v) is 5.43. The summed E-state index contributed by atoms with van der Waals surface area (Å²) in [6.45, 7) is 9.24. The van der Waals surface area contributed by atoms with Gasteiger partial charge < -0.3 is 14.6 Å². The minimum atomic E-state index is -0.297. The van der Waals surface area contributed by atoms with Crippen molar-refractivity contribution in [2.45, 2.75) is 77.7 Å². The number of benzene rings is 1. The first-order valence-corrected chi connectivity index (χ1v) is 10.3. The molecule has 27 heavy (non-hydrogen) atoms. The maximum absolute atomic E-state index is 12.6. The third-order valence-corrected chi connectivity index (χ3v) is 7.16. The summed E-state index contributed by atoms with van der Waals surface area (Å²) >= 11 is 0. The number of carbonyl (C=O) groups is 1. The van der Waals surface area contributed by atoms with E-state index in [9.17, 15) is 9.90 Å². The van der Waals surface area contributed by atoms with Crippen molar-refractivity contribution < 1.29 is 19.4 Å². The Bertz CT molecular complexity index is 709. The second kappa shape index (κ2) is 7.46. The van der Waals surface area contributed by atoms with Crippen molar-refractivity contribution >= 4 is 5.97 Å². The maximum Gasteiger partial charge on any atom is 0.341 e. The van der Waals surface area contributed by atoms with E-state index >= 15 is 0 Å². The van der Waals surface area contributed by atoms with E-state index in [1.165, 1.54) is 11.1 Å². The predicted octanol–water partition coefficient (Wildman–Crippen LogP) is 4.65. The summed E-state index contributed by atoms with van der Waals surface area (Å²) in [6, 6.07) is 4.05. The van der Waals surface area contributed by atoms with Gasteiger partial charge in [-0.15, -0.1) is 0 Å². The smallest absolute Gasteiger partial charge is 0.341 e. The van der Waals surface area contributed by atoms with Gasteiger partial charge >= 0.3 is 5.97 Å². The molecule has 0 heterocycles. The van der Waals surface area contributed by atoms with Crippen LogP contribution in [0.25, 0.3) is 0 Å². The number of hydrogen-bond acceptors (Lipinski definition) is 4. The van der Waals surface area contributed by atoms with Crippen molar-refractivity contribution in [1.82, 2.24) is 0 Å². The number of rotatable bonds is 5. The summed E-state index contributed by atoms with van der Waals surface area (Å²) in [5.74, 6) is 0.712. The Morgan fingerprint density at radius 1 is 1.26 bits per heavy atom. The van der Waals surface area contributed by atoms with Gasteiger partial charge in [-0.3, -0.25) is 0 Å². The zero-order valence-electron chi connectivity index (χ0n) is 17.4. The first kappa shape index (κ1) is 20.2. The quantitative estimate of drug-likeness (QED) is 0.602. The summed E-state index contributed by atoms with van der Waals surface area (Å²) in [6.07, 6.45) is 5.33. The summed E-state index contributed by atoms with van der Waals surface area (Å²) in [7, 11) is 1.61. The van der Waals surface area contributed by atoms with Gasteiger partial charge in [0, 0.05) is 0 Å². The molecule has 0 aliphatic heterocycles. The Morgan fingerprint density at radius 3 is 2.67 bits per heavy atom. The topological polar surface area (TPSA) is 55.8 Å². The van der Waals surface area contributed by atoms with E-state index in [1.807, 2.05) is 6.07 Å². The van der Waals surface area contributed by atoms with E-state index in [1.54, 1.807) is 7.11 Å². The fourth-order valence-electron chi connectivity index (χ4n) is 5.43. The van der Waals surface area contributed by atoms with Crippen LogP contribution in [-0.4, -0.2) is 30.9 Å². The molecule has 1 aromatic carbocycles. The Balaban J connectivity index is 1.99. The normalized spacial score (nSPS) is 28.8. The number of hydrogen-bond donors (Lipinski definition) is 1. The molecular formula is C23H34O4. The van der Waals surface area contributed by atoms with Crippen molar-refractivity contribution in [2.24, 2.45) is 11.3 Å². The molecule has 0 amide bonds. The Kier molecular flexibility index (Phi) is 5.58. The van der Waals surface area contributed by atoms with Gasteiger partial charge in [0.1, 0.15) is 11.3 Å². The molecule has 2 aliphatic rings. The van der Waals surface area contributed by atoms with Crippen LogP contribution in [-0.2, 0) is 16.6 Å². The van der Waals surface area contributed by atoms with Gasteiger partial charge in [-0.05, 0) is 72.1 Å². The van der Waals surface area contributed by atoms with E-state index in [0.717, 1.165) is 38.5 Å². The number of unbranched alkanes of at least 4 members (excludes halogenated alkanes) is 1. The van der Waals surface area contributed by atoms with Gasteiger partial charge in [-0.1, -0.05) is 34.1 Å². The number of aliphatic hydroxyl groups excluding tert-OH is 1. The van der Waals surface area contributed by atoms with Crippen LogP contribution in [0.1, 0.15) is 81.3 Å². The van der Waals surface area contributed by atoms with Gasteiger partial charge in [0.25, 0.3) is 0 Å². The van der Waals surface area contributed by atoms with Gasteiger partial charge in [0.05, 0.1) is 19.8 Å². The molecular weight excluding hydrogens is 340 g/mol. The summed E-state index contributed by atoms with van der Waals surface area (Å²) in [5.41, 5.74) is 2.92. The lowest BCUT2D eigenvalue weighted by Gasteiger charge is -2.56. The molecule has 1 aromatic rings. The first-order valence-electron chi connectivity index (χ1n) is 10.3. The molecule has 4 heteroatoms. The fraction of sp³-hybridized carbons (Fsp3) is 0.696.